The van der Waals surface area contributed by atoms with Crippen LogP contribution in [-0.2, 0) is 11.2 Å². The number of rotatable bonds is 2. The standard InChI is InChI=1S/C13H12O6/c1-3-5-4-6(14)7-8(9(5)15)11(17)13(19-2)12(18)10(7)16/h4,14-15,18H,3H2,1-2H3. The third-order valence-electron chi connectivity index (χ3n) is 3.03. The fourth-order valence-electron chi connectivity index (χ4n) is 2.06. The summed E-state index contributed by atoms with van der Waals surface area (Å²) in [6, 6.07) is 1.20. The van der Waals surface area contributed by atoms with Gasteiger partial charge in [0.15, 0.2) is 0 Å². The molecule has 0 aromatic heterocycles. The number of phenolic OH excluding ortho intramolecular Hbond substituents is 2. The Hall–Kier alpha value is -2.50. The SMILES string of the molecule is CCc1cc(O)c2c(c1O)C(=O)C(OC)=C(O)C2=O. The van der Waals surface area contributed by atoms with Crippen molar-refractivity contribution in [2.75, 3.05) is 7.11 Å². The second-order valence-corrected chi connectivity index (χ2v) is 4.05. The number of fused-ring (bicyclic) bond motifs is 1. The highest BCUT2D eigenvalue weighted by Gasteiger charge is 2.38. The van der Waals surface area contributed by atoms with E-state index in [2.05, 4.69) is 4.74 Å². The molecule has 3 N–H and O–H groups in total. The number of allylic oxidation sites excluding steroid dienone is 2. The summed E-state index contributed by atoms with van der Waals surface area (Å²) in [4.78, 5) is 24.0. The molecule has 0 heterocycles. The van der Waals surface area contributed by atoms with Crippen LogP contribution in [0.2, 0.25) is 0 Å². The predicted octanol–water partition coefficient (Wildman–Crippen LogP) is 1.46. The van der Waals surface area contributed by atoms with Crippen molar-refractivity contribution in [1.82, 2.24) is 0 Å². The summed E-state index contributed by atoms with van der Waals surface area (Å²) in [5, 5.41) is 29.4. The number of ether oxygens (including phenoxy) is 1. The van der Waals surface area contributed by atoms with Gasteiger partial charge in [0, 0.05) is 0 Å². The lowest BCUT2D eigenvalue weighted by molar-refractivity contribution is 0.0850. The van der Waals surface area contributed by atoms with Crippen LogP contribution in [-0.4, -0.2) is 34.0 Å². The lowest BCUT2D eigenvalue weighted by Gasteiger charge is -2.19. The minimum absolute atomic E-state index is 0.328. The zero-order chi connectivity index (χ0) is 14.3. The van der Waals surface area contributed by atoms with E-state index in [1.807, 2.05) is 0 Å². The number of ketones is 2. The highest BCUT2D eigenvalue weighted by atomic mass is 16.5. The first-order valence-corrected chi connectivity index (χ1v) is 5.58. The Balaban J connectivity index is 2.83. The highest BCUT2D eigenvalue weighted by molar-refractivity contribution is 6.27. The van der Waals surface area contributed by atoms with E-state index in [4.69, 9.17) is 0 Å². The molecule has 0 saturated heterocycles. The van der Waals surface area contributed by atoms with E-state index in [1.165, 1.54) is 6.07 Å². The molecule has 6 heteroatoms. The topological polar surface area (TPSA) is 104 Å². The van der Waals surface area contributed by atoms with E-state index >= 15 is 0 Å². The fourth-order valence-corrected chi connectivity index (χ4v) is 2.06. The molecule has 2 rings (SSSR count). The van der Waals surface area contributed by atoms with Crippen molar-refractivity contribution >= 4 is 11.6 Å². The third kappa shape index (κ3) is 1.64. The van der Waals surface area contributed by atoms with Crippen LogP contribution in [0, 0.1) is 0 Å². The monoisotopic (exact) mass is 264 g/mol. The highest BCUT2D eigenvalue weighted by Crippen LogP contribution is 2.39. The molecule has 0 spiro atoms. The van der Waals surface area contributed by atoms with Crippen LogP contribution < -0.4 is 0 Å². The molecule has 0 radical (unpaired) electrons. The quantitative estimate of drug-likeness (QED) is 0.698. The fraction of sp³-hybridized carbons (Fsp3) is 0.231. The van der Waals surface area contributed by atoms with Crippen molar-refractivity contribution in [1.29, 1.82) is 0 Å². The molecule has 1 aromatic rings. The van der Waals surface area contributed by atoms with E-state index in [9.17, 15) is 24.9 Å². The number of benzene rings is 1. The van der Waals surface area contributed by atoms with Crippen molar-refractivity contribution in [3.8, 4) is 11.5 Å². The van der Waals surface area contributed by atoms with Crippen LogP contribution >= 0.6 is 0 Å². The van der Waals surface area contributed by atoms with Gasteiger partial charge in [-0.05, 0) is 18.1 Å². The van der Waals surface area contributed by atoms with Crippen LogP contribution in [0.4, 0.5) is 0 Å². The van der Waals surface area contributed by atoms with Gasteiger partial charge in [0.2, 0.25) is 23.1 Å². The molecule has 0 fully saturated rings. The van der Waals surface area contributed by atoms with E-state index < -0.39 is 34.4 Å². The maximum Gasteiger partial charge on any atom is 0.236 e. The molecule has 1 aromatic carbocycles. The Morgan fingerprint density at radius 3 is 2.26 bits per heavy atom. The molecule has 0 unspecified atom stereocenters. The van der Waals surface area contributed by atoms with Crippen molar-refractivity contribution in [2.45, 2.75) is 13.3 Å². The largest absolute Gasteiger partial charge is 0.507 e. The van der Waals surface area contributed by atoms with E-state index in [1.54, 1.807) is 6.92 Å². The number of carbonyl (C=O) groups excluding carboxylic acids is 2. The average molecular weight is 264 g/mol. The minimum Gasteiger partial charge on any atom is -0.507 e. The smallest absolute Gasteiger partial charge is 0.236 e. The number of aliphatic hydroxyl groups is 1. The van der Waals surface area contributed by atoms with Gasteiger partial charge < -0.3 is 20.1 Å². The third-order valence-corrected chi connectivity index (χ3v) is 3.03. The maximum atomic E-state index is 12.1. The molecule has 1 aliphatic rings. The van der Waals surface area contributed by atoms with Crippen molar-refractivity contribution in [2.24, 2.45) is 0 Å². The average Bonchev–Trinajstić information content (AvgIpc) is 2.38. The van der Waals surface area contributed by atoms with Gasteiger partial charge >= 0.3 is 0 Å². The minimum atomic E-state index is -0.957. The number of aromatic hydroxyl groups is 2. The molecule has 0 atom stereocenters. The lowest BCUT2D eigenvalue weighted by Crippen LogP contribution is -2.23. The van der Waals surface area contributed by atoms with Gasteiger partial charge in [0.1, 0.15) is 11.5 Å². The molecular formula is C13H12O6. The van der Waals surface area contributed by atoms with Crippen LogP contribution in [0.1, 0.15) is 33.2 Å². The predicted molar refractivity (Wildman–Crippen MR) is 64.5 cm³/mol. The Labute approximate surface area is 108 Å². The van der Waals surface area contributed by atoms with Crippen molar-refractivity contribution < 1.29 is 29.6 Å². The summed E-state index contributed by atoms with van der Waals surface area (Å²) in [5.41, 5.74) is -0.413. The van der Waals surface area contributed by atoms with E-state index in [-0.39, 0.29) is 11.3 Å². The van der Waals surface area contributed by atoms with Gasteiger partial charge in [-0.2, -0.15) is 0 Å². The summed E-state index contributed by atoms with van der Waals surface area (Å²) in [5.74, 6) is -4.04. The van der Waals surface area contributed by atoms with E-state index in [0.717, 1.165) is 7.11 Å². The van der Waals surface area contributed by atoms with Crippen LogP contribution in [0.15, 0.2) is 17.6 Å². The molecular weight excluding hydrogens is 252 g/mol. The second-order valence-electron chi connectivity index (χ2n) is 4.05. The number of phenols is 2. The molecule has 6 nitrogen and oxygen atoms in total. The molecule has 100 valence electrons. The first-order chi connectivity index (χ1) is 8.93. The number of aryl methyl sites for hydroxylation is 1. The van der Waals surface area contributed by atoms with Gasteiger partial charge in [-0.1, -0.05) is 6.92 Å². The van der Waals surface area contributed by atoms with Gasteiger partial charge in [-0.15, -0.1) is 0 Å². The molecule has 19 heavy (non-hydrogen) atoms. The van der Waals surface area contributed by atoms with Crippen LogP contribution in [0.25, 0.3) is 0 Å². The van der Waals surface area contributed by atoms with Crippen LogP contribution in [0.5, 0.6) is 11.5 Å². The Bertz CT molecular complexity index is 627. The Morgan fingerprint density at radius 1 is 1.11 bits per heavy atom. The number of aliphatic hydroxyl groups excluding tert-OH is 1. The van der Waals surface area contributed by atoms with Crippen LogP contribution in [0.3, 0.4) is 0 Å². The number of methoxy groups -OCH3 is 1. The normalized spacial score (nSPS) is 14.6. The Kier molecular flexibility index (Phi) is 2.94. The number of hydrogen-bond donors (Lipinski definition) is 3. The van der Waals surface area contributed by atoms with E-state index in [0.29, 0.717) is 12.0 Å². The van der Waals surface area contributed by atoms with Crippen molar-refractivity contribution in [3.63, 3.8) is 0 Å². The first-order valence-electron chi connectivity index (χ1n) is 5.58. The zero-order valence-electron chi connectivity index (χ0n) is 10.4. The summed E-state index contributed by atoms with van der Waals surface area (Å²) < 4.78 is 4.68. The molecule has 0 aliphatic heterocycles. The summed E-state index contributed by atoms with van der Waals surface area (Å²) in [6.07, 6.45) is 0.367. The molecule has 0 amide bonds. The molecule has 0 saturated carbocycles. The summed E-state index contributed by atoms with van der Waals surface area (Å²) in [7, 11) is 1.13. The number of carbonyl (C=O) groups is 2. The number of Topliss-reactive ketones (excluding diaryl/α,β-unsaturated/α-hetero) is 2. The van der Waals surface area contributed by atoms with Gasteiger partial charge in [0.05, 0.1) is 18.2 Å². The van der Waals surface area contributed by atoms with Gasteiger partial charge in [-0.25, -0.2) is 0 Å². The van der Waals surface area contributed by atoms with Gasteiger partial charge in [0.25, 0.3) is 0 Å². The maximum absolute atomic E-state index is 12.1. The second kappa shape index (κ2) is 4.31. The van der Waals surface area contributed by atoms with Crippen molar-refractivity contribution in [3.05, 3.63) is 34.3 Å². The molecule has 1 aliphatic carbocycles. The summed E-state index contributed by atoms with van der Waals surface area (Å²) in [6.45, 7) is 1.72. The zero-order valence-corrected chi connectivity index (χ0v) is 10.4. The Morgan fingerprint density at radius 2 is 1.74 bits per heavy atom. The number of hydrogen-bond acceptors (Lipinski definition) is 6. The first kappa shape index (κ1) is 12.9. The lowest BCUT2D eigenvalue weighted by atomic mass is 9.88. The molecule has 0 bridgehead atoms. The van der Waals surface area contributed by atoms with Gasteiger partial charge in [-0.3, -0.25) is 9.59 Å². The summed E-state index contributed by atoms with van der Waals surface area (Å²) >= 11 is 0.